The van der Waals surface area contributed by atoms with Crippen molar-refractivity contribution in [2.45, 2.75) is 51.0 Å². The molecule has 0 aliphatic carbocycles. The fraction of sp³-hybridized carbons (Fsp3) is 0.324. The van der Waals surface area contributed by atoms with Gasteiger partial charge in [0.1, 0.15) is 30.1 Å². The molecule has 5 N–H and O–H groups in total. The molecule has 1 aromatic heterocycles. The zero-order chi connectivity index (χ0) is 36.6. The number of carbonyl (C=O) groups is 3. The lowest BCUT2D eigenvalue weighted by molar-refractivity contribution is -0.928. The Morgan fingerprint density at radius 3 is 2.28 bits per heavy atom. The number of urea groups is 1. The van der Waals surface area contributed by atoms with Crippen molar-refractivity contribution in [1.29, 1.82) is 0 Å². The fourth-order valence-electron chi connectivity index (χ4n) is 5.92. The Kier molecular flexibility index (Phi) is 11.7. The number of quaternary nitrogens is 1. The molecule has 1 aliphatic rings. The molecule has 1 aliphatic heterocycles. The molecule has 0 radical (unpaired) electrons. The average molecular weight is 699 g/mol. The number of primary amides is 1. The summed E-state index contributed by atoms with van der Waals surface area (Å²) in [6, 6.07) is 19.1. The molecule has 3 aromatic carbocycles. The maximum absolute atomic E-state index is 14.1. The lowest BCUT2D eigenvalue weighted by Crippen LogP contribution is -2.62. The number of phenols is 2. The van der Waals surface area contributed by atoms with E-state index in [0.29, 0.717) is 47.0 Å². The molecule has 2 heterocycles. The molecule has 266 valence electrons. The van der Waals surface area contributed by atoms with E-state index in [0.717, 1.165) is 24.1 Å². The van der Waals surface area contributed by atoms with Crippen LogP contribution in [0, 0.1) is 6.92 Å². The molecule has 50 heavy (non-hydrogen) atoms. The van der Waals surface area contributed by atoms with E-state index in [1.165, 1.54) is 0 Å². The topological polar surface area (TPSA) is 195 Å². The zero-order valence-electron chi connectivity index (χ0n) is 27.3. The Morgan fingerprint density at radius 1 is 1.06 bits per heavy atom. The number of alkyl halides is 3. The highest BCUT2D eigenvalue weighted by molar-refractivity contribution is 5.94. The number of aromatic nitrogens is 2. The number of piperidine rings is 1. The van der Waals surface area contributed by atoms with Crippen LogP contribution < -0.4 is 16.2 Å². The van der Waals surface area contributed by atoms with Crippen LogP contribution in [0.1, 0.15) is 29.8 Å². The van der Waals surface area contributed by atoms with Gasteiger partial charge in [-0.1, -0.05) is 29.4 Å². The Morgan fingerprint density at radius 2 is 1.72 bits per heavy atom. The normalized spacial score (nSPS) is 17.9. The van der Waals surface area contributed by atoms with Crippen molar-refractivity contribution in [2.24, 2.45) is 5.73 Å². The van der Waals surface area contributed by atoms with Gasteiger partial charge in [0.05, 0.1) is 26.2 Å². The van der Waals surface area contributed by atoms with E-state index < -0.39 is 30.1 Å². The van der Waals surface area contributed by atoms with Gasteiger partial charge in [0.25, 0.3) is 5.89 Å². The van der Waals surface area contributed by atoms with Gasteiger partial charge in [-0.05, 0) is 73.9 Å². The Bertz CT molecular complexity index is 1780. The van der Waals surface area contributed by atoms with Gasteiger partial charge in [0.15, 0.2) is 5.82 Å². The van der Waals surface area contributed by atoms with Gasteiger partial charge in [-0.25, -0.2) is 4.79 Å². The third kappa shape index (κ3) is 10.2. The van der Waals surface area contributed by atoms with E-state index in [1.807, 2.05) is 12.1 Å². The molecule has 16 heteroatoms. The summed E-state index contributed by atoms with van der Waals surface area (Å²) in [5.41, 5.74) is 8.99. The highest BCUT2D eigenvalue weighted by Crippen LogP contribution is 2.28. The van der Waals surface area contributed by atoms with Gasteiger partial charge >= 0.3 is 12.2 Å². The van der Waals surface area contributed by atoms with Gasteiger partial charge in [0.2, 0.25) is 5.91 Å². The average Bonchev–Trinajstić information content (AvgIpc) is 3.48. The number of carbonyl (C=O) groups excluding carboxylic acids is 3. The number of hydrogen-bond donors (Lipinski definition) is 4. The Balaban J connectivity index is 0.000000727. The number of carboxylic acids is 1. The predicted octanol–water partition coefficient (Wildman–Crippen LogP) is 3.49. The number of carboxylic acid groups (broad SMARTS) is 1. The molecule has 3 amide bonds. The molecule has 5 rings (SSSR count). The van der Waals surface area contributed by atoms with Crippen LogP contribution in [0.3, 0.4) is 0 Å². The van der Waals surface area contributed by atoms with Crippen LogP contribution in [0.25, 0.3) is 11.5 Å². The second-order valence-corrected chi connectivity index (χ2v) is 12.3. The monoisotopic (exact) mass is 698 g/mol. The first-order valence-corrected chi connectivity index (χ1v) is 15.5. The number of hydrogen-bond acceptors (Lipinski definition) is 9. The molecule has 1 fully saturated rings. The van der Waals surface area contributed by atoms with Crippen molar-refractivity contribution < 1.29 is 51.9 Å². The van der Waals surface area contributed by atoms with E-state index in [1.54, 1.807) is 72.5 Å². The summed E-state index contributed by atoms with van der Waals surface area (Å²) in [5, 5.41) is 35.3. The van der Waals surface area contributed by atoms with E-state index in [9.17, 15) is 33.0 Å². The second-order valence-electron chi connectivity index (χ2n) is 12.3. The van der Waals surface area contributed by atoms with Crippen LogP contribution >= 0.6 is 0 Å². The van der Waals surface area contributed by atoms with Crippen LogP contribution in [0.15, 0.2) is 77.3 Å². The number of likely N-dealkylation sites (N-methyl/N-ethyl adjacent to an activating group) is 1. The van der Waals surface area contributed by atoms with Crippen LogP contribution in [0.2, 0.25) is 0 Å². The molecule has 1 unspecified atom stereocenters. The number of aliphatic carboxylic acids is 1. The first kappa shape index (κ1) is 37.2. The third-order valence-electron chi connectivity index (χ3n) is 8.16. The molecule has 4 aromatic rings. The van der Waals surface area contributed by atoms with Crippen molar-refractivity contribution in [3.63, 3.8) is 0 Å². The van der Waals surface area contributed by atoms with Gasteiger partial charge in [0, 0.05) is 23.2 Å². The minimum Gasteiger partial charge on any atom is -0.542 e. The van der Waals surface area contributed by atoms with E-state index in [4.69, 9.17) is 20.2 Å². The molecular weight excluding hydrogens is 661 g/mol. The number of nitrogens with one attached hydrogen (secondary N) is 1. The van der Waals surface area contributed by atoms with Crippen molar-refractivity contribution in [3.8, 4) is 23.0 Å². The highest BCUT2D eigenvalue weighted by atomic mass is 19.4. The largest absolute Gasteiger partial charge is 0.542 e. The SMILES string of the molecule is Cc1noc(-c2ccc(NC(=O)N([C@@H]3CCC[N+](C)(Cc4cccc(O)c4)C3)[C@@H](Cc3ccc(O)cc3)C(N)=O)cc2)n1.O=C([O-])C(F)(F)F. The summed E-state index contributed by atoms with van der Waals surface area (Å²) in [4.78, 5) is 41.7. The number of anilines is 1. The minimum absolute atomic E-state index is 0.111. The first-order chi connectivity index (χ1) is 23.5. The Hall–Kier alpha value is -5.64. The van der Waals surface area contributed by atoms with Crippen molar-refractivity contribution in [3.05, 3.63) is 89.7 Å². The van der Waals surface area contributed by atoms with E-state index in [2.05, 4.69) is 22.5 Å². The third-order valence-corrected chi connectivity index (χ3v) is 8.16. The van der Waals surface area contributed by atoms with Gasteiger partial charge in [-0.15, -0.1) is 0 Å². The van der Waals surface area contributed by atoms with Crippen molar-refractivity contribution in [2.75, 3.05) is 25.5 Å². The maximum atomic E-state index is 14.1. The number of amides is 3. The van der Waals surface area contributed by atoms with E-state index >= 15 is 0 Å². The zero-order valence-corrected chi connectivity index (χ0v) is 27.3. The molecule has 1 saturated heterocycles. The number of aryl methyl sites for hydroxylation is 1. The summed E-state index contributed by atoms with van der Waals surface area (Å²) >= 11 is 0. The minimum atomic E-state index is -5.19. The predicted molar refractivity (Wildman–Crippen MR) is 172 cm³/mol. The van der Waals surface area contributed by atoms with Crippen LogP contribution in [-0.2, 0) is 22.6 Å². The number of benzene rings is 3. The summed E-state index contributed by atoms with van der Waals surface area (Å²) in [6.07, 6.45) is -3.45. The van der Waals surface area contributed by atoms with Crippen LogP contribution in [-0.4, -0.2) is 86.0 Å². The number of phenolic OH excluding ortho intramolecular Hbond substituents is 2. The lowest BCUT2D eigenvalue weighted by Gasteiger charge is -2.46. The molecule has 3 atom stereocenters. The number of nitrogens with two attached hydrogens (primary N) is 1. The smallest absolute Gasteiger partial charge is 0.430 e. The van der Waals surface area contributed by atoms with Crippen molar-refractivity contribution >= 4 is 23.6 Å². The van der Waals surface area contributed by atoms with Crippen molar-refractivity contribution in [1.82, 2.24) is 15.0 Å². The van der Waals surface area contributed by atoms with Gasteiger partial charge in [-0.2, -0.15) is 18.2 Å². The summed E-state index contributed by atoms with van der Waals surface area (Å²) in [5.74, 6) is -2.39. The second kappa shape index (κ2) is 15.7. The number of rotatable bonds is 9. The quantitative estimate of drug-likeness (QED) is 0.189. The van der Waals surface area contributed by atoms with Gasteiger partial charge < -0.3 is 45.1 Å². The van der Waals surface area contributed by atoms with E-state index in [-0.39, 0.29) is 24.0 Å². The lowest BCUT2D eigenvalue weighted by atomic mass is 9.96. The standard InChI is InChI=1S/C32H36N6O5.C2HF3O2/c1-21-34-31(43-36-21)24-10-12-25(13-11-24)35-32(42)37(29(30(33)41)18-22-8-14-27(39)15-9-22)26-6-4-16-38(2,20-26)19-23-5-3-7-28(40)17-23;3-2(4,5)1(6)7/h3,5,7-15,17,26,29H,4,6,16,18-20H2,1-2H3,(H4-,33,34,35,36,39,40,41,42);(H,6,7)/t26-,29+,38?;/m1./s1. The summed E-state index contributed by atoms with van der Waals surface area (Å²) in [6.45, 7) is 3.88. The maximum Gasteiger partial charge on any atom is 0.430 e. The van der Waals surface area contributed by atoms with Crippen LogP contribution in [0.5, 0.6) is 11.5 Å². The molecule has 0 bridgehead atoms. The Labute approximate surface area is 285 Å². The molecule has 13 nitrogen and oxygen atoms in total. The first-order valence-electron chi connectivity index (χ1n) is 15.5. The fourth-order valence-corrected chi connectivity index (χ4v) is 5.92. The van der Waals surface area contributed by atoms with Gasteiger partial charge in [-0.3, -0.25) is 4.79 Å². The number of halogens is 3. The number of nitrogens with zero attached hydrogens (tertiary/aromatic N) is 4. The molecular formula is C34H37F3N6O7. The molecule has 0 saturated carbocycles. The molecule has 0 spiro atoms. The highest BCUT2D eigenvalue weighted by Gasteiger charge is 2.41. The summed E-state index contributed by atoms with van der Waals surface area (Å²) in [7, 11) is 2.13. The number of likely N-dealkylation sites (tertiary alicyclic amines) is 1. The number of aromatic hydroxyl groups is 2. The summed E-state index contributed by atoms with van der Waals surface area (Å²) < 4.78 is 37.4. The van der Waals surface area contributed by atoms with Crippen LogP contribution in [0.4, 0.5) is 23.7 Å².